The quantitative estimate of drug-likeness (QED) is 0.452. The third kappa shape index (κ3) is 6.79. The van der Waals surface area contributed by atoms with Gasteiger partial charge < -0.3 is 9.64 Å². The van der Waals surface area contributed by atoms with Crippen LogP contribution in [0.25, 0.3) is 0 Å². The zero-order chi connectivity index (χ0) is 23.7. The standard InChI is InChI=1S/C28H38FN3O/c1-4-26(33-27-13-11-25(29)12-14-27)21-32-19-17-31(18-20-32)16-8-15-28(22-30,23(2)3)24-9-6-5-7-10-24/h5-7,9-14,23,26H,4,8,15-21H2,1-3H3. The van der Waals surface area contributed by atoms with Crippen molar-refractivity contribution in [2.75, 3.05) is 39.3 Å². The van der Waals surface area contributed by atoms with Gasteiger partial charge >= 0.3 is 0 Å². The Hall–Kier alpha value is -2.42. The molecule has 2 unspecified atom stereocenters. The Bertz CT molecular complexity index is 872. The van der Waals surface area contributed by atoms with Crippen LogP contribution in [-0.2, 0) is 5.41 Å². The highest BCUT2D eigenvalue weighted by Crippen LogP contribution is 2.36. The second kappa shape index (κ2) is 12.2. The molecule has 0 spiro atoms. The monoisotopic (exact) mass is 451 g/mol. The lowest BCUT2D eigenvalue weighted by molar-refractivity contribution is 0.0807. The number of piperazine rings is 1. The Kier molecular flexibility index (Phi) is 9.29. The maximum Gasteiger partial charge on any atom is 0.123 e. The van der Waals surface area contributed by atoms with E-state index < -0.39 is 5.41 Å². The second-order valence-electron chi connectivity index (χ2n) is 9.45. The van der Waals surface area contributed by atoms with Gasteiger partial charge in [-0.3, -0.25) is 4.90 Å². The summed E-state index contributed by atoms with van der Waals surface area (Å²) in [5.41, 5.74) is 0.717. The minimum atomic E-state index is -0.422. The van der Waals surface area contributed by atoms with Crippen LogP contribution in [0.15, 0.2) is 54.6 Å². The highest BCUT2D eigenvalue weighted by molar-refractivity contribution is 5.33. The summed E-state index contributed by atoms with van der Waals surface area (Å²) in [5, 5.41) is 10.1. The van der Waals surface area contributed by atoms with E-state index in [-0.39, 0.29) is 17.8 Å². The van der Waals surface area contributed by atoms with Crippen LogP contribution in [0.5, 0.6) is 5.75 Å². The summed E-state index contributed by atoms with van der Waals surface area (Å²) < 4.78 is 19.2. The topological polar surface area (TPSA) is 39.5 Å². The Morgan fingerprint density at radius 2 is 1.64 bits per heavy atom. The molecule has 1 heterocycles. The summed E-state index contributed by atoms with van der Waals surface area (Å²) in [7, 11) is 0. The maximum atomic E-state index is 13.1. The average molecular weight is 452 g/mol. The predicted octanol–water partition coefficient (Wildman–Crippen LogP) is 5.50. The van der Waals surface area contributed by atoms with Gasteiger partial charge in [-0.2, -0.15) is 5.26 Å². The van der Waals surface area contributed by atoms with Gasteiger partial charge in [-0.25, -0.2) is 4.39 Å². The van der Waals surface area contributed by atoms with Crippen LogP contribution in [0.4, 0.5) is 4.39 Å². The van der Waals surface area contributed by atoms with Crippen LogP contribution < -0.4 is 4.74 Å². The Morgan fingerprint density at radius 3 is 2.21 bits per heavy atom. The highest BCUT2D eigenvalue weighted by atomic mass is 19.1. The first-order valence-corrected chi connectivity index (χ1v) is 12.3. The Balaban J connectivity index is 1.45. The molecule has 2 aromatic rings. The summed E-state index contributed by atoms with van der Waals surface area (Å²) in [6.07, 6.45) is 2.93. The third-order valence-electron chi connectivity index (χ3n) is 7.02. The van der Waals surface area contributed by atoms with Gasteiger partial charge in [0.25, 0.3) is 0 Å². The van der Waals surface area contributed by atoms with Gasteiger partial charge in [0.15, 0.2) is 0 Å². The molecule has 3 rings (SSSR count). The molecule has 0 amide bonds. The second-order valence-corrected chi connectivity index (χ2v) is 9.45. The lowest BCUT2D eigenvalue weighted by Gasteiger charge is -2.37. The minimum Gasteiger partial charge on any atom is -0.489 e. The molecule has 1 saturated heterocycles. The van der Waals surface area contributed by atoms with Gasteiger partial charge in [-0.05, 0) is 61.6 Å². The van der Waals surface area contributed by atoms with Crippen molar-refractivity contribution in [3.63, 3.8) is 0 Å². The van der Waals surface area contributed by atoms with E-state index in [9.17, 15) is 9.65 Å². The molecule has 33 heavy (non-hydrogen) atoms. The van der Waals surface area contributed by atoms with Crippen molar-refractivity contribution >= 4 is 0 Å². The number of hydrogen-bond acceptors (Lipinski definition) is 4. The molecule has 0 N–H and O–H groups in total. The van der Waals surface area contributed by atoms with Crippen LogP contribution >= 0.6 is 0 Å². The molecule has 0 aliphatic carbocycles. The Labute approximate surface area is 199 Å². The smallest absolute Gasteiger partial charge is 0.123 e. The van der Waals surface area contributed by atoms with E-state index in [4.69, 9.17) is 4.74 Å². The van der Waals surface area contributed by atoms with Gasteiger partial charge in [0, 0.05) is 32.7 Å². The summed E-state index contributed by atoms with van der Waals surface area (Å²) in [4.78, 5) is 4.98. The molecule has 0 radical (unpaired) electrons. The Morgan fingerprint density at radius 1 is 1.00 bits per heavy atom. The van der Waals surface area contributed by atoms with Gasteiger partial charge in [-0.15, -0.1) is 0 Å². The molecule has 0 bridgehead atoms. The van der Waals surface area contributed by atoms with Crippen molar-refractivity contribution in [2.24, 2.45) is 5.92 Å². The number of nitriles is 1. The van der Waals surface area contributed by atoms with Crippen molar-refractivity contribution in [2.45, 2.75) is 51.6 Å². The van der Waals surface area contributed by atoms with E-state index in [1.54, 1.807) is 12.1 Å². The van der Waals surface area contributed by atoms with E-state index in [2.05, 4.69) is 48.8 Å². The lowest BCUT2D eigenvalue weighted by Crippen LogP contribution is -2.49. The van der Waals surface area contributed by atoms with Crippen LogP contribution in [-0.4, -0.2) is 55.2 Å². The zero-order valence-electron chi connectivity index (χ0n) is 20.3. The van der Waals surface area contributed by atoms with Gasteiger partial charge in [0.05, 0.1) is 11.5 Å². The van der Waals surface area contributed by atoms with Crippen LogP contribution in [0, 0.1) is 23.1 Å². The number of benzene rings is 2. The first-order chi connectivity index (χ1) is 16.0. The third-order valence-corrected chi connectivity index (χ3v) is 7.02. The van der Waals surface area contributed by atoms with E-state index in [0.717, 1.165) is 69.8 Å². The SMILES string of the molecule is CCC(CN1CCN(CCCC(C#N)(c2ccccc2)C(C)C)CC1)Oc1ccc(F)cc1. The van der Waals surface area contributed by atoms with E-state index in [0.29, 0.717) is 0 Å². The van der Waals surface area contributed by atoms with E-state index in [1.165, 1.54) is 12.1 Å². The molecule has 2 aromatic carbocycles. The lowest BCUT2D eigenvalue weighted by atomic mass is 9.70. The largest absolute Gasteiger partial charge is 0.489 e. The van der Waals surface area contributed by atoms with Crippen molar-refractivity contribution in [3.05, 3.63) is 66.0 Å². The van der Waals surface area contributed by atoms with E-state index in [1.807, 2.05) is 18.2 Å². The maximum absolute atomic E-state index is 13.1. The molecular weight excluding hydrogens is 413 g/mol. The summed E-state index contributed by atoms with van der Waals surface area (Å²) in [6.45, 7) is 12.5. The number of ether oxygens (including phenoxy) is 1. The molecule has 2 atom stereocenters. The van der Waals surface area contributed by atoms with Gasteiger partial charge in [0.2, 0.25) is 0 Å². The van der Waals surface area contributed by atoms with Crippen LogP contribution in [0.3, 0.4) is 0 Å². The minimum absolute atomic E-state index is 0.107. The van der Waals surface area contributed by atoms with Crippen LogP contribution in [0.1, 0.15) is 45.6 Å². The van der Waals surface area contributed by atoms with Crippen molar-refractivity contribution in [3.8, 4) is 11.8 Å². The number of halogens is 1. The fraction of sp³-hybridized carbons (Fsp3) is 0.536. The number of hydrogen-bond donors (Lipinski definition) is 0. The van der Waals surface area contributed by atoms with Crippen molar-refractivity contribution in [1.29, 1.82) is 5.26 Å². The van der Waals surface area contributed by atoms with Gasteiger partial charge in [-0.1, -0.05) is 51.1 Å². The number of nitrogens with zero attached hydrogens (tertiary/aromatic N) is 3. The molecule has 178 valence electrons. The molecule has 0 aromatic heterocycles. The normalized spacial score (nSPS) is 17.9. The van der Waals surface area contributed by atoms with Crippen LogP contribution in [0.2, 0.25) is 0 Å². The summed E-state index contributed by atoms with van der Waals surface area (Å²) in [6, 6.07) is 19.2. The molecular formula is C28H38FN3O. The molecule has 5 heteroatoms. The molecule has 0 saturated carbocycles. The highest BCUT2D eigenvalue weighted by Gasteiger charge is 2.35. The fourth-order valence-electron chi connectivity index (χ4n) is 4.77. The van der Waals surface area contributed by atoms with Crippen molar-refractivity contribution in [1.82, 2.24) is 9.80 Å². The number of rotatable bonds is 11. The first kappa shape index (κ1) is 25.2. The van der Waals surface area contributed by atoms with Gasteiger partial charge in [0.1, 0.15) is 17.7 Å². The van der Waals surface area contributed by atoms with E-state index >= 15 is 0 Å². The molecule has 4 nitrogen and oxygen atoms in total. The average Bonchev–Trinajstić information content (AvgIpc) is 2.84. The molecule has 1 fully saturated rings. The zero-order valence-corrected chi connectivity index (χ0v) is 20.3. The summed E-state index contributed by atoms with van der Waals surface area (Å²) in [5.74, 6) is 0.760. The summed E-state index contributed by atoms with van der Waals surface area (Å²) >= 11 is 0. The fourth-order valence-corrected chi connectivity index (χ4v) is 4.77. The molecule has 1 aliphatic heterocycles. The predicted molar refractivity (Wildman–Crippen MR) is 132 cm³/mol. The first-order valence-electron chi connectivity index (χ1n) is 12.3. The van der Waals surface area contributed by atoms with Crippen molar-refractivity contribution < 1.29 is 9.13 Å². The molecule has 1 aliphatic rings.